The molecule has 4 N–H and O–H groups in total. The summed E-state index contributed by atoms with van der Waals surface area (Å²) in [5.41, 5.74) is 6.61. The van der Waals surface area contributed by atoms with Gasteiger partial charge >= 0.3 is 0 Å². The van der Waals surface area contributed by atoms with Crippen molar-refractivity contribution in [2.45, 2.75) is 25.4 Å². The zero-order valence-corrected chi connectivity index (χ0v) is 7.33. The van der Waals surface area contributed by atoms with E-state index < -0.39 is 0 Å². The van der Waals surface area contributed by atoms with Crippen molar-refractivity contribution >= 4 is 5.96 Å². The molecule has 5 heteroatoms. The average Bonchev–Trinajstić information content (AvgIpc) is 2.78. The van der Waals surface area contributed by atoms with Crippen molar-refractivity contribution in [3.05, 3.63) is 18.2 Å². The first-order valence-corrected chi connectivity index (χ1v) is 4.38. The zero-order chi connectivity index (χ0) is 9.10. The highest BCUT2D eigenvalue weighted by Gasteiger charge is 2.21. The summed E-state index contributed by atoms with van der Waals surface area (Å²) in [5.74, 6) is 0.525. The van der Waals surface area contributed by atoms with Gasteiger partial charge in [0.15, 0.2) is 5.96 Å². The van der Waals surface area contributed by atoms with E-state index in [-0.39, 0.29) is 0 Å². The van der Waals surface area contributed by atoms with Crippen LogP contribution in [-0.4, -0.2) is 22.0 Å². The van der Waals surface area contributed by atoms with E-state index in [0.717, 1.165) is 5.69 Å². The zero-order valence-electron chi connectivity index (χ0n) is 7.33. The number of rotatable bonds is 3. The minimum atomic E-state index is 0.525. The van der Waals surface area contributed by atoms with E-state index in [0.29, 0.717) is 18.5 Å². The third-order valence-corrected chi connectivity index (χ3v) is 1.90. The van der Waals surface area contributed by atoms with Crippen molar-refractivity contribution in [3.8, 4) is 0 Å². The molecule has 1 saturated carbocycles. The fraction of sp³-hybridized carbons (Fsp3) is 0.500. The summed E-state index contributed by atoms with van der Waals surface area (Å²) in [7, 11) is 0. The lowest BCUT2D eigenvalue weighted by Gasteiger charge is -2.01. The SMILES string of the molecule is NC(=NCc1cnc[nH]1)NC1CC1. The summed E-state index contributed by atoms with van der Waals surface area (Å²) in [5, 5.41) is 3.11. The van der Waals surface area contributed by atoms with Gasteiger partial charge in [0.2, 0.25) is 0 Å². The standard InChI is InChI=1S/C8H13N5/c9-8(13-6-1-2-6)11-4-7-3-10-5-12-7/h3,5-6H,1-2,4H2,(H,10,12)(H3,9,11,13). The first-order valence-electron chi connectivity index (χ1n) is 4.38. The number of aromatic nitrogens is 2. The molecule has 2 rings (SSSR count). The minimum Gasteiger partial charge on any atom is -0.370 e. The second-order valence-electron chi connectivity index (χ2n) is 3.20. The van der Waals surface area contributed by atoms with Crippen LogP contribution >= 0.6 is 0 Å². The molecule has 0 unspecified atom stereocenters. The molecule has 0 bridgehead atoms. The fourth-order valence-electron chi connectivity index (χ4n) is 1.02. The number of hydrogen-bond acceptors (Lipinski definition) is 2. The Bertz CT molecular complexity index is 285. The molecule has 1 fully saturated rings. The van der Waals surface area contributed by atoms with Gasteiger partial charge in [-0.1, -0.05) is 0 Å². The van der Waals surface area contributed by atoms with Crippen LogP contribution in [0.3, 0.4) is 0 Å². The van der Waals surface area contributed by atoms with Gasteiger partial charge < -0.3 is 16.0 Å². The second-order valence-corrected chi connectivity index (χ2v) is 3.20. The van der Waals surface area contributed by atoms with Crippen molar-refractivity contribution in [1.82, 2.24) is 15.3 Å². The van der Waals surface area contributed by atoms with Crippen LogP contribution in [0.15, 0.2) is 17.5 Å². The molecule has 1 aliphatic rings. The molecule has 13 heavy (non-hydrogen) atoms. The summed E-state index contributed by atoms with van der Waals surface area (Å²) < 4.78 is 0. The molecule has 5 nitrogen and oxygen atoms in total. The van der Waals surface area contributed by atoms with Crippen LogP contribution in [0.1, 0.15) is 18.5 Å². The third-order valence-electron chi connectivity index (χ3n) is 1.90. The van der Waals surface area contributed by atoms with Crippen LogP contribution in [-0.2, 0) is 6.54 Å². The highest BCUT2D eigenvalue weighted by Crippen LogP contribution is 2.17. The van der Waals surface area contributed by atoms with Crippen LogP contribution in [0.2, 0.25) is 0 Å². The maximum Gasteiger partial charge on any atom is 0.189 e. The lowest BCUT2D eigenvalue weighted by molar-refractivity contribution is 0.874. The molecule has 0 amide bonds. The summed E-state index contributed by atoms with van der Waals surface area (Å²) in [6, 6.07) is 0.561. The van der Waals surface area contributed by atoms with E-state index in [1.165, 1.54) is 12.8 Å². The number of nitrogens with zero attached hydrogens (tertiary/aromatic N) is 2. The van der Waals surface area contributed by atoms with Gasteiger partial charge in [-0.3, -0.25) is 0 Å². The molecule has 0 atom stereocenters. The van der Waals surface area contributed by atoms with E-state index in [1.54, 1.807) is 12.5 Å². The summed E-state index contributed by atoms with van der Waals surface area (Å²) >= 11 is 0. The number of guanidine groups is 1. The Hall–Kier alpha value is -1.52. The van der Waals surface area contributed by atoms with Gasteiger partial charge in [-0.15, -0.1) is 0 Å². The Labute approximate surface area is 76.5 Å². The largest absolute Gasteiger partial charge is 0.370 e. The molecule has 0 saturated heterocycles. The Kier molecular flexibility index (Phi) is 2.16. The summed E-state index contributed by atoms with van der Waals surface area (Å²) in [4.78, 5) is 11.0. The maximum absolute atomic E-state index is 5.64. The van der Waals surface area contributed by atoms with E-state index in [4.69, 9.17) is 5.73 Å². The highest BCUT2D eigenvalue weighted by atomic mass is 15.1. The number of H-pyrrole nitrogens is 1. The average molecular weight is 179 g/mol. The van der Waals surface area contributed by atoms with Crippen molar-refractivity contribution in [2.24, 2.45) is 10.7 Å². The predicted octanol–water partition coefficient (Wildman–Crippen LogP) is -0.0236. The number of hydrogen-bond donors (Lipinski definition) is 3. The van der Waals surface area contributed by atoms with Gasteiger partial charge in [-0.2, -0.15) is 0 Å². The molecule has 1 heterocycles. The van der Waals surface area contributed by atoms with Crippen molar-refractivity contribution in [1.29, 1.82) is 0 Å². The van der Waals surface area contributed by atoms with E-state index in [9.17, 15) is 0 Å². The van der Waals surface area contributed by atoms with Gasteiger partial charge in [0.25, 0.3) is 0 Å². The smallest absolute Gasteiger partial charge is 0.189 e. The lowest BCUT2D eigenvalue weighted by atomic mass is 10.5. The molecule has 1 aromatic rings. The highest BCUT2D eigenvalue weighted by molar-refractivity contribution is 5.78. The molecule has 1 aromatic heterocycles. The molecule has 0 radical (unpaired) electrons. The van der Waals surface area contributed by atoms with Gasteiger partial charge in [0.1, 0.15) is 0 Å². The third kappa shape index (κ3) is 2.47. The molecule has 0 aromatic carbocycles. The lowest BCUT2D eigenvalue weighted by Crippen LogP contribution is -2.33. The molecule has 0 spiro atoms. The molecule has 0 aliphatic heterocycles. The quantitative estimate of drug-likeness (QED) is 0.450. The van der Waals surface area contributed by atoms with E-state index >= 15 is 0 Å². The fourth-order valence-corrected chi connectivity index (χ4v) is 1.02. The Balaban J connectivity index is 1.81. The number of aromatic amines is 1. The van der Waals surface area contributed by atoms with Crippen molar-refractivity contribution in [2.75, 3.05) is 0 Å². The summed E-state index contributed by atoms with van der Waals surface area (Å²) in [6.07, 6.45) is 5.80. The van der Waals surface area contributed by atoms with Crippen LogP contribution in [0.4, 0.5) is 0 Å². The minimum absolute atomic E-state index is 0.525. The normalized spacial score (nSPS) is 17.4. The van der Waals surface area contributed by atoms with E-state index in [2.05, 4.69) is 20.3 Å². The van der Waals surface area contributed by atoms with Gasteiger partial charge in [0.05, 0.1) is 18.6 Å². The number of imidazole rings is 1. The van der Waals surface area contributed by atoms with Crippen molar-refractivity contribution in [3.63, 3.8) is 0 Å². The number of nitrogens with one attached hydrogen (secondary N) is 2. The first-order chi connectivity index (χ1) is 6.34. The van der Waals surface area contributed by atoms with Crippen LogP contribution in [0.25, 0.3) is 0 Å². The monoisotopic (exact) mass is 179 g/mol. The van der Waals surface area contributed by atoms with Gasteiger partial charge in [0, 0.05) is 12.2 Å². The molecule has 1 aliphatic carbocycles. The number of nitrogens with two attached hydrogens (primary N) is 1. The predicted molar refractivity (Wildman–Crippen MR) is 50.1 cm³/mol. The second kappa shape index (κ2) is 3.47. The first kappa shape index (κ1) is 8.10. The maximum atomic E-state index is 5.64. The Morgan fingerprint density at radius 1 is 1.77 bits per heavy atom. The molecular weight excluding hydrogens is 166 g/mol. The van der Waals surface area contributed by atoms with Gasteiger partial charge in [-0.05, 0) is 12.8 Å². The summed E-state index contributed by atoms with van der Waals surface area (Å²) in [6.45, 7) is 0.561. The van der Waals surface area contributed by atoms with Crippen LogP contribution in [0.5, 0.6) is 0 Å². The Morgan fingerprint density at radius 3 is 3.23 bits per heavy atom. The van der Waals surface area contributed by atoms with Crippen molar-refractivity contribution < 1.29 is 0 Å². The topological polar surface area (TPSA) is 79.1 Å². The molecular formula is C8H13N5. The van der Waals surface area contributed by atoms with E-state index in [1.807, 2.05) is 0 Å². The molecule has 70 valence electrons. The number of aliphatic imine (C=N–C) groups is 1. The van der Waals surface area contributed by atoms with Gasteiger partial charge in [-0.25, -0.2) is 9.98 Å². The van der Waals surface area contributed by atoms with Crippen LogP contribution < -0.4 is 11.1 Å². The van der Waals surface area contributed by atoms with Crippen LogP contribution in [0, 0.1) is 0 Å². The Morgan fingerprint density at radius 2 is 2.62 bits per heavy atom.